The average Bonchev–Trinajstić information content (AvgIpc) is 2.61. The van der Waals surface area contributed by atoms with E-state index in [1.165, 1.54) is 12.1 Å². The van der Waals surface area contributed by atoms with Crippen LogP contribution in [0.1, 0.15) is 0 Å². The lowest BCUT2D eigenvalue weighted by Crippen LogP contribution is -2.19. The van der Waals surface area contributed by atoms with E-state index in [1.807, 2.05) is 0 Å². The fourth-order valence-electron chi connectivity index (χ4n) is 1.86. The number of amides is 1. The Morgan fingerprint density at radius 2 is 1.80 bits per heavy atom. The Hall–Kier alpha value is -2.52. The van der Waals surface area contributed by atoms with Gasteiger partial charge in [-0.2, -0.15) is 8.42 Å². The van der Waals surface area contributed by atoms with Gasteiger partial charge >= 0.3 is 0 Å². The van der Waals surface area contributed by atoms with Gasteiger partial charge in [-0.25, -0.2) is 0 Å². The maximum atomic E-state index is 12.4. The molecule has 0 heterocycles. The molecule has 0 atom stereocenters. The summed E-state index contributed by atoms with van der Waals surface area (Å²) in [4.78, 5) is 11.1. The molecule has 0 saturated carbocycles. The number of sulfonamides is 1. The van der Waals surface area contributed by atoms with Gasteiger partial charge in [-0.3, -0.25) is 4.79 Å². The maximum Gasteiger partial charge on any atom is 0.283 e. The van der Waals surface area contributed by atoms with Crippen LogP contribution in [-0.4, -0.2) is 32.4 Å². The number of carbonyl (C=O) groups is 1. The Labute approximate surface area is 150 Å². The van der Waals surface area contributed by atoms with Crippen LogP contribution in [0.5, 0.6) is 5.75 Å². The summed E-state index contributed by atoms with van der Waals surface area (Å²) in [5.41, 5.74) is 5.73. The predicted molar refractivity (Wildman–Crippen MR) is 99.7 cm³/mol. The molecule has 2 aromatic rings. The van der Waals surface area contributed by atoms with Crippen molar-refractivity contribution in [2.45, 2.75) is 4.90 Å². The van der Waals surface area contributed by atoms with Gasteiger partial charge in [0.1, 0.15) is 11.6 Å². The number of nitrogens with two attached hydrogens (primary N) is 1. The number of ether oxygens (including phenoxy) is 1. The van der Waals surface area contributed by atoms with Crippen molar-refractivity contribution in [2.75, 3.05) is 18.2 Å². The molecule has 9 heteroatoms. The van der Waals surface area contributed by atoms with Crippen molar-refractivity contribution in [3.8, 4) is 5.75 Å². The van der Waals surface area contributed by atoms with E-state index >= 15 is 0 Å². The Morgan fingerprint density at radius 1 is 1.16 bits per heavy atom. The van der Waals surface area contributed by atoms with Gasteiger partial charge in [0.15, 0.2) is 0 Å². The second kappa shape index (κ2) is 8.54. The minimum absolute atomic E-state index is 0.00652. The minimum Gasteiger partial charge on any atom is -0.497 e. The summed E-state index contributed by atoms with van der Waals surface area (Å²) >= 11 is 0.759. The highest BCUT2D eigenvalue weighted by Gasteiger charge is 2.15. The first-order valence-corrected chi connectivity index (χ1v) is 9.55. The van der Waals surface area contributed by atoms with Crippen molar-refractivity contribution in [3.05, 3.63) is 54.6 Å². The molecular weight excluding hydrogens is 362 g/mol. The third-order valence-corrected chi connectivity index (χ3v) is 5.03. The summed E-state index contributed by atoms with van der Waals surface area (Å²) < 4.78 is 33.7. The van der Waals surface area contributed by atoms with Crippen molar-refractivity contribution in [1.29, 1.82) is 0 Å². The topological polar surface area (TPSA) is 111 Å². The molecule has 0 saturated heterocycles. The molecule has 0 spiro atoms. The molecule has 0 radical (unpaired) electrons. The number of benzene rings is 2. The molecule has 1 amide bonds. The zero-order valence-corrected chi connectivity index (χ0v) is 15.0. The number of hydrogen-bond donors (Lipinski definition) is 2. The molecule has 2 aromatic carbocycles. The Balaban J connectivity index is 2.29. The third-order valence-electron chi connectivity index (χ3n) is 3.00. The average molecular weight is 379 g/mol. The van der Waals surface area contributed by atoms with Crippen LogP contribution in [0.15, 0.2) is 63.9 Å². The number of amidine groups is 1. The highest BCUT2D eigenvalue weighted by atomic mass is 32.2. The van der Waals surface area contributed by atoms with Crippen LogP contribution in [0.25, 0.3) is 0 Å². The molecule has 0 unspecified atom stereocenters. The largest absolute Gasteiger partial charge is 0.497 e. The summed E-state index contributed by atoms with van der Waals surface area (Å²) in [5, 5.41) is 2.27. The number of rotatable bonds is 6. The molecule has 132 valence electrons. The Kier molecular flexibility index (Phi) is 6.43. The number of primary amides is 1. The predicted octanol–water partition coefficient (Wildman–Crippen LogP) is 2.71. The SMILES string of the molecule is COc1ccc(N/C(CSC(N)=O)=N\S(=O)(=O)c2ccccc2)cc1. The number of carbonyl (C=O) groups excluding carboxylic acids is 1. The molecule has 0 aromatic heterocycles. The van der Waals surface area contributed by atoms with Crippen LogP contribution in [0.3, 0.4) is 0 Å². The lowest BCUT2D eigenvalue weighted by atomic mass is 10.3. The van der Waals surface area contributed by atoms with Crippen LogP contribution < -0.4 is 15.8 Å². The van der Waals surface area contributed by atoms with Crippen molar-refractivity contribution in [1.82, 2.24) is 0 Å². The van der Waals surface area contributed by atoms with Gasteiger partial charge < -0.3 is 15.8 Å². The van der Waals surface area contributed by atoms with Gasteiger partial charge in [0.05, 0.1) is 17.8 Å². The van der Waals surface area contributed by atoms with E-state index in [-0.39, 0.29) is 16.5 Å². The van der Waals surface area contributed by atoms with Crippen LogP contribution in [0, 0.1) is 0 Å². The number of nitrogens with one attached hydrogen (secondary N) is 1. The van der Waals surface area contributed by atoms with Crippen molar-refractivity contribution in [2.24, 2.45) is 10.1 Å². The van der Waals surface area contributed by atoms with Crippen LogP contribution >= 0.6 is 11.8 Å². The number of thioether (sulfide) groups is 1. The summed E-state index contributed by atoms with van der Waals surface area (Å²) in [6.45, 7) is 0. The molecule has 0 aliphatic carbocycles. The minimum atomic E-state index is -3.90. The quantitative estimate of drug-likeness (QED) is 0.590. The molecule has 25 heavy (non-hydrogen) atoms. The lowest BCUT2D eigenvalue weighted by molar-refractivity contribution is 0.267. The van der Waals surface area contributed by atoms with Gasteiger partial charge in [0, 0.05) is 5.69 Å². The third kappa shape index (κ3) is 5.80. The van der Waals surface area contributed by atoms with Crippen molar-refractivity contribution >= 4 is 38.5 Å². The van der Waals surface area contributed by atoms with E-state index in [0.29, 0.717) is 11.4 Å². The molecule has 0 aliphatic heterocycles. The normalized spacial score (nSPS) is 11.8. The monoisotopic (exact) mass is 379 g/mol. The van der Waals surface area contributed by atoms with E-state index in [4.69, 9.17) is 10.5 Å². The molecule has 0 aliphatic rings. The highest BCUT2D eigenvalue weighted by Crippen LogP contribution is 2.17. The molecule has 3 N–H and O–H groups in total. The second-order valence-electron chi connectivity index (χ2n) is 4.79. The maximum absolute atomic E-state index is 12.4. The van der Waals surface area contributed by atoms with Crippen LogP contribution in [0.2, 0.25) is 0 Å². The Bertz CT molecular complexity index is 851. The zero-order chi connectivity index (χ0) is 18.3. The van der Waals surface area contributed by atoms with E-state index < -0.39 is 15.3 Å². The van der Waals surface area contributed by atoms with Crippen LogP contribution in [0.4, 0.5) is 10.5 Å². The van der Waals surface area contributed by atoms with E-state index in [9.17, 15) is 13.2 Å². The molecular formula is C16H17N3O4S2. The molecule has 2 rings (SSSR count). The molecule has 0 bridgehead atoms. The van der Waals surface area contributed by atoms with E-state index in [2.05, 4.69) is 9.71 Å². The summed E-state index contributed by atoms with van der Waals surface area (Å²) in [6, 6.07) is 14.7. The first-order chi connectivity index (χ1) is 11.9. The van der Waals surface area contributed by atoms with Crippen molar-refractivity contribution in [3.63, 3.8) is 0 Å². The van der Waals surface area contributed by atoms with Gasteiger partial charge in [0.2, 0.25) is 0 Å². The lowest BCUT2D eigenvalue weighted by Gasteiger charge is -2.10. The standard InChI is InChI=1S/C16H17N3O4S2/c1-23-13-9-7-12(8-10-13)18-15(11-24-16(17)20)19-25(21,22)14-5-3-2-4-6-14/h2-10H,11H2,1H3,(H2,17,20)(H,18,19). The molecule has 7 nitrogen and oxygen atoms in total. The zero-order valence-electron chi connectivity index (χ0n) is 13.4. The van der Waals surface area contributed by atoms with Gasteiger partial charge in [-0.1, -0.05) is 30.0 Å². The van der Waals surface area contributed by atoms with Gasteiger partial charge in [-0.15, -0.1) is 4.40 Å². The number of hydrogen-bond acceptors (Lipinski definition) is 5. The molecule has 0 fully saturated rings. The number of anilines is 1. The summed E-state index contributed by atoms with van der Waals surface area (Å²) in [5.74, 6) is 0.748. The van der Waals surface area contributed by atoms with E-state index in [1.54, 1.807) is 49.6 Å². The van der Waals surface area contributed by atoms with E-state index in [0.717, 1.165) is 11.8 Å². The number of nitrogens with zero attached hydrogens (tertiary/aromatic N) is 1. The van der Waals surface area contributed by atoms with Crippen molar-refractivity contribution < 1.29 is 17.9 Å². The smallest absolute Gasteiger partial charge is 0.283 e. The van der Waals surface area contributed by atoms with Gasteiger partial charge in [-0.05, 0) is 36.4 Å². The highest BCUT2D eigenvalue weighted by molar-refractivity contribution is 8.14. The first-order valence-electron chi connectivity index (χ1n) is 7.13. The number of methoxy groups -OCH3 is 1. The van der Waals surface area contributed by atoms with Gasteiger partial charge in [0.25, 0.3) is 15.3 Å². The second-order valence-corrected chi connectivity index (χ2v) is 7.37. The summed E-state index contributed by atoms with van der Waals surface area (Å²) in [6.07, 6.45) is 0. The summed E-state index contributed by atoms with van der Waals surface area (Å²) in [7, 11) is -2.36. The van der Waals surface area contributed by atoms with Crippen LogP contribution in [-0.2, 0) is 10.0 Å². The first kappa shape index (κ1) is 18.8. The fourth-order valence-corrected chi connectivity index (χ4v) is 3.36. The fraction of sp³-hybridized carbons (Fsp3) is 0.125. The Morgan fingerprint density at radius 3 is 2.36 bits per heavy atom.